The first-order valence-corrected chi connectivity index (χ1v) is 8.82. The van der Waals surface area contributed by atoms with Crippen molar-refractivity contribution in [3.63, 3.8) is 0 Å². The second-order valence-electron chi connectivity index (χ2n) is 6.49. The molecule has 0 atom stereocenters. The molecule has 5 heteroatoms. The summed E-state index contributed by atoms with van der Waals surface area (Å²) < 4.78 is 5.53. The number of carbonyl (C=O) groups excluding carboxylic acids is 2. The van der Waals surface area contributed by atoms with Crippen LogP contribution in [0.4, 0.5) is 11.4 Å². The highest BCUT2D eigenvalue weighted by Crippen LogP contribution is 2.21. The van der Waals surface area contributed by atoms with Crippen LogP contribution < -0.4 is 15.4 Å². The van der Waals surface area contributed by atoms with E-state index in [1.165, 1.54) is 5.56 Å². The molecule has 0 unspecified atom stereocenters. The van der Waals surface area contributed by atoms with Crippen molar-refractivity contribution in [3.8, 4) is 5.75 Å². The monoisotopic (exact) mass is 354 g/mol. The minimum Gasteiger partial charge on any atom is -0.484 e. The fourth-order valence-corrected chi connectivity index (χ4v) is 2.37. The molecule has 0 aliphatic heterocycles. The molecule has 2 rings (SSSR count). The SMILES string of the molecule is CCC(=O)Nc1cc(NC(=O)COc2ccc(C(C)C)cc2)ccc1C. The summed E-state index contributed by atoms with van der Waals surface area (Å²) in [6, 6.07) is 13.1. The molecule has 0 bridgehead atoms. The van der Waals surface area contributed by atoms with Gasteiger partial charge in [0, 0.05) is 17.8 Å². The van der Waals surface area contributed by atoms with Crippen LogP contribution in [-0.4, -0.2) is 18.4 Å². The Hall–Kier alpha value is -2.82. The predicted octanol–water partition coefficient (Wildman–Crippen LogP) is 4.48. The summed E-state index contributed by atoms with van der Waals surface area (Å²) in [4.78, 5) is 23.7. The van der Waals surface area contributed by atoms with E-state index >= 15 is 0 Å². The van der Waals surface area contributed by atoms with Gasteiger partial charge in [0.1, 0.15) is 5.75 Å². The Morgan fingerprint density at radius 1 is 1.00 bits per heavy atom. The molecule has 26 heavy (non-hydrogen) atoms. The zero-order valence-electron chi connectivity index (χ0n) is 15.8. The Morgan fingerprint density at radius 3 is 2.31 bits per heavy atom. The summed E-state index contributed by atoms with van der Waals surface area (Å²) in [6.45, 7) is 7.87. The number of aryl methyl sites for hydroxylation is 1. The Kier molecular flexibility index (Phi) is 6.78. The van der Waals surface area contributed by atoms with Crippen LogP contribution in [-0.2, 0) is 9.59 Å². The maximum absolute atomic E-state index is 12.1. The zero-order chi connectivity index (χ0) is 19.1. The summed E-state index contributed by atoms with van der Waals surface area (Å²) in [5.41, 5.74) is 3.47. The summed E-state index contributed by atoms with van der Waals surface area (Å²) in [5, 5.41) is 5.61. The average Bonchev–Trinajstić information content (AvgIpc) is 2.63. The first kappa shape index (κ1) is 19.5. The van der Waals surface area contributed by atoms with Gasteiger partial charge in [-0.1, -0.05) is 39.0 Å². The van der Waals surface area contributed by atoms with Gasteiger partial charge in [0.15, 0.2) is 6.61 Å². The lowest BCUT2D eigenvalue weighted by Gasteiger charge is -2.12. The number of nitrogens with one attached hydrogen (secondary N) is 2. The predicted molar refractivity (Wildman–Crippen MR) is 105 cm³/mol. The molecule has 2 aromatic rings. The zero-order valence-corrected chi connectivity index (χ0v) is 15.8. The van der Waals surface area contributed by atoms with Gasteiger partial charge in [-0.15, -0.1) is 0 Å². The van der Waals surface area contributed by atoms with Crippen molar-refractivity contribution < 1.29 is 14.3 Å². The van der Waals surface area contributed by atoms with Crippen LogP contribution >= 0.6 is 0 Å². The molecule has 0 fully saturated rings. The Bertz CT molecular complexity index is 767. The quantitative estimate of drug-likeness (QED) is 0.770. The second-order valence-corrected chi connectivity index (χ2v) is 6.49. The third-order valence-corrected chi connectivity index (χ3v) is 4.03. The summed E-state index contributed by atoms with van der Waals surface area (Å²) >= 11 is 0. The summed E-state index contributed by atoms with van der Waals surface area (Å²) in [6.07, 6.45) is 0.402. The fourth-order valence-electron chi connectivity index (χ4n) is 2.37. The van der Waals surface area contributed by atoms with Gasteiger partial charge < -0.3 is 15.4 Å². The Labute approximate surface area is 154 Å². The van der Waals surface area contributed by atoms with Gasteiger partial charge >= 0.3 is 0 Å². The van der Waals surface area contributed by atoms with Crippen LogP contribution in [0, 0.1) is 6.92 Å². The van der Waals surface area contributed by atoms with E-state index in [0.29, 0.717) is 29.5 Å². The molecule has 2 N–H and O–H groups in total. The molecule has 2 aromatic carbocycles. The van der Waals surface area contributed by atoms with Gasteiger partial charge in [-0.2, -0.15) is 0 Å². The minimum absolute atomic E-state index is 0.0650. The molecular formula is C21H26N2O3. The number of benzene rings is 2. The summed E-state index contributed by atoms with van der Waals surface area (Å²) in [7, 11) is 0. The van der Waals surface area contributed by atoms with E-state index in [4.69, 9.17) is 4.74 Å². The number of hydrogen-bond donors (Lipinski definition) is 2. The number of amides is 2. The number of ether oxygens (including phenoxy) is 1. The first-order valence-electron chi connectivity index (χ1n) is 8.82. The van der Waals surface area contributed by atoms with Crippen molar-refractivity contribution >= 4 is 23.2 Å². The maximum Gasteiger partial charge on any atom is 0.262 e. The fraction of sp³-hybridized carbons (Fsp3) is 0.333. The van der Waals surface area contributed by atoms with Crippen LogP contribution in [0.3, 0.4) is 0 Å². The maximum atomic E-state index is 12.1. The normalized spacial score (nSPS) is 10.5. The standard InChI is InChI=1S/C21H26N2O3/c1-5-20(24)23-19-12-17(9-6-15(19)4)22-21(25)13-26-18-10-7-16(8-11-18)14(2)3/h6-12,14H,5,13H2,1-4H3,(H,22,25)(H,23,24). The van der Waals surface area contributed by atoms with E-state index in [0.717, 1.165) is 5.56 Å². The van der Waals surface area contributed by atoms with Crippen molar-refractivity contribution in [3.05, 3.63) is 53.6 Å². The minimum atomic E-state index is -0.255. The van der Waals surface area contributed by atoms with Gasteiger partial charge in [0.2, 0.25) is 5.91 Å². The number of hydrogen-bond acceptors (Lipinski definition) is 3. The molecule has 0 radical (unpaired) electrons. The average molecular weight is 354 g/mol. The van der Waals surface area contributed by atoms with E-state index < -0.39 is 0 Å². The van der Waals surface area contributed by atoms with Gasteiger partial charge in [-0.3, -0.25) is 9.59 Å². The highest BCUT2D eigenvalue weighted by molar-refractivity contribution is 5.95. The van der Waals surface area contributed by atoms with Gasteiger partial charge in [0.25, 0.3) is 5.91 Å². The highest BCUT2D eigenvalue weighted by Gasteiger charge is 2.08. The first-order chi connectivity index (χ1) is 12.4. The molecule has 0 saturated carbocycles. The Balaban J connectivity index is 1.93. The number of rotatable bonds is 7. The number of carbonyl (C=O) groups is 2. The van der Waals surface area contributed by atoms with E-state index in [9.17, 15) is 9.59 Å². The van der Waals surface area contributed by atoms with Crippen LogP contribution in [0.2, 0.25) is 0 Å². The van der Waals surface area contributed by atoms with Gasteiger partial charge in [-0.25, -0.2) is 0 Å². The largest absolute Gasteiger partial charge is 0.484 e. The highest BCUT2D eigenvalue weighted by atomic mass is 16.5. The Morgan fingerprint density at radius 2 is 1.69 bits per heavy atom. The van der Waals surface area contributed by atoms with E-state index in [1.807, 2.05) is 37.3 Å². The molecule has 138 valence electrons. The van der Waals surface area contributed by atoms with E-state index in [-0.39, 0.29) is 18.4 Å². The van der Waals surface area contributed by atoms with Gasteiger partial charge in [0.05, 0.1) is 0 Å². The lowest BCUT2D eigenvalue weighted by molar-refractivity contribution is -0.118. The molecule has 0 aliphatic carbocycles. The van der Waals surface area contributed by atoms with E-state index in [1.54, 1.807) is 19.1 Å². The lowest BCUT2D eigenvalue weighted by atomic mass is 10.0. The second kappa shape index (κ2) is 9.04. The number of anilines is 2. The van der Waals surface area contributed by atoms with Gasteiger partial charge in [-0.05, 0) is 48.2 Å². The molecule has 5 nitrogen and oxygen atoms in total. The van der Waals surface area contributed by atoms with Crippen LogP contribution in [0.5, 0.6) is 5.75 Å². The summed E-state index contributed by atoms with van der Waals surface area (Å²) in [5.74, 6) is 0.792. The van der Waals surface area contributed by atoms with Crippen LogP contribution in [0.15, 0.2) is 42.5 Å². The van der Waals surface area contributed by atoms with Crippen molar-refractivity contribution in [1.82, 2.24) is 0 Å². The molecule has 0 spiro atoms. The third-order valence-electron chi connectivity index (χ3n) is 4.03. The molecule has 2 amide bonds. The van der Waals surface area contributed by atoms with Crippen molar-refractivity contribution in [2.24, 2.45) is 0 Å². The molecule has 0 aromatic heterocycles. The molecular weight excluding hydrogens is 328 g/mol. The lowest BCUT2D eigenvalue weighted by Crippen LogP contribution is -2.20. The molecule has 0 heterocycles. The van der Waals surface area contributed by atoms with Crippen molar-refractivity contribution in [2.45, 2.75) is 40.0 Å². The van der Waals surface area contributed by atoms with Crippen molar-refractivity contribution in [1.29, 1.82) is 0 Å². The van der Waals surface area contributed by atoms with Crippen LogP contribution in [0.1, 0.15) is 44.2 Å². The third kappa shape index (κ3) is 5.62. The van der Waals surface area contributed by atoms with Crippen LogP contribution in [0.25, 0.3) is 0 Å². The molecule has 0 saturated heterocycles. The topological polar surface area (TPSA) is 67.4 Å². The van der Waals surface area contributed by atoms with E-state index in [2.05, 4.69) is 24.5 Å². The van der Waals surface area contributed by atoms with Crippen molar-refractivity contribution in [2.75, 3.05) is 17.2 Å². The smallest absolute Gasteiger partial charge is 0.262 e. The molecule has 0 aliphatic rings.